The summed E-state index contributed by atoms with van der Waals surface area (Å²) in [6.45, 7) is 0. The number of benzene rings is 8. The van der Waals surface area contributed by atoms with Gasteiger partial charge < -0.3 is 0 Å². The van der Waals surface area contributed by atoms with Crippen molar-refractivity contribution in [2.75, 3.05) is 0 Å². The molecule has 0 saturated heterocycles. The summed E-state index contributed by atoms with van der Waals surface area (Å²) in [5.74, 6) is 0. The van der Waals surface area contributed by atoms with Crippen molar-refractivity contribution in [3.05, 3.63) is 145 Å². The first-order valence-electron chi connectivity index (χ1n) is 14.7. The fourth-order valence-electron chi connectivity index (χ4n) is 7.30. The fraction of sp³-hybridized carbons (Fsp3) is 0. The second-order valence-electron chi connectivity index (χ2n) is 11.5. The predicted molar refractivity (Wildman–Crippen MR) is 181 cm³/mol. The molecule has 0 heterocycles. The quantitative estimate of drug-likeness (QED) is 0.200. The Hall–Kier alpha value is -6.22. The Balaban J connectivity index is 1.46. The third kappa shape index (κ3) is 3.34. The molecule has 8 aromatic carbocycles. The highest BCUT2D eigenvalue weighted by Gasteiger charge is 2.27. The largest absolute Gasteiger partial charge is 0.192 e. The molecule has 2 heteroatoms. The van der Waals surface area contributed by atoms with Crippen molar-refractivity contribution in [2.45, 2.75) is 0 Å². The van der Waals surface area contributed by atoms with Gasteiger partial charge in [-0.25, -0.2) is 0 Å². The Labute approximate surface area is 254 Å². The molecule has 1 aliphatic carbocycles. The number of hydrogen-bond donors (Lipinski definition) is 0. The molecule has 0 radical (unpaired) electrons. The number of hydrogen-bond acceptors (Lipinski definition) is 2. The molecule has 0 unspecified atom stereocenters. The van der Waals surface area contributed by atoms with E-state index in [1.807, 2.05) is 24.3 Å². The SMILES string of the molecule is N#Cc1ccc(-c2cc3c4cc5c(c(-c6ccc(C#N)cc6)c4ccc3c3ccccc23)-c2cccc3cccc-5c23)cc1. The predicted octanol–water partition coefficient (Wildman–Crippen LogP) is 11.0. The van der Waals surface area contributed by atoms with E-state index in [0.29, 0.717) is 11.1 Å². The summed E-state index contributed by atoms with van der Waals surface area (Å²) in [5.41, 5.74) is 10.8. The van der Waals surface area contributed by atoms with Gasteiger partial charge in [0.1, 0.15) is 0 Å². The van der Waals surface area contributed by atoms with Crippen LogP contribution in [0.3, 0.4) is 0 Å². The van der Waals surface area contributed by atoms with Crippen LogP contribution >= 0.6 is 0 Å². The molecule has 0 amide bonds. The molecule has 0 aliphatic heterocycles. The van der Waals surface area contributed by atoms with Gasteiger partial charge in [-0.2, -0.15) is 10.5 Å². The van der Waals surface area contributed by atoms with Crippen LogP contribution in [-0.4, -0.2) is 0 Å². The van der Waals surface area contributed by atoms with E-state index in [-0.39, 0.29) is 0 Å². The van der Waals surface area contributed by atoms with Crippen molar-refractivity contribution in [2.24, 2.45) is 0 Å². The molecule has 0 spiro atoms. The molecular formula is C42H22N2. The second kappa shape index (κ2) is 9.14. The van der Waals surface area contributed by atoms with Gasteiger partial charge in [0, 0.05) is 0 Å². The molecule has 200 valence electrons. The van der Waals surface area contributed by atoms with E-state index in [4.69, 9.17) is 0 Å². The van der Waals surface area contributed by atoms with Gasteiger partial charge in [0.15, 0.2) is 0 Å². The summed E-state index contributed by atoms with van der Waals surface area (Å²) >= 11 is 0. The Morgan fingerprint density at radius 2 is 0.932 bits per heavy atom. The minimum atomic E-state index is 0.653. The summed E-state index contributed by atoms with van der Waals surface area (Å²) in [6, 6.07) is 51.5. The molecule has 9 rings (SSSR count). The van der Waals surface area contributed by atoms with Gasteiger partial charge in [0.05, 0.1) is 23.3 Å². The lowest BCUT2D eigenvalue weighted by molar-refractivity contribution is 1.48. The Morgan fingerprint density at radius 1 is 0.364 bits per heavy atom. The van der Waals surface area contributed by atoms with Crippen molar-refractivity contribution >= 4 is 43.1 Å². The van der Waals surface area contributed by atoms with Gasteiger partial charge in [-0.05, 0) is 124 Å². The standard InChI is InChI=1S/C42H22N2/c43-23-25-11-15-27(16-12-25)36-21-37-32(30-7-1-2-8-31(30)36)19-20-34-38(37)22-39-33-9-3-5-28-6-4-10-35(40(28)33)42(39)41(34)29-17-13-26(24-44)14-18-29/h1-22H. The zero-order chi connectivity index (χ0) is 29.4. The summed E-state index contributed by atoms with van der Waals surface area (Å²) in [4.78, 5) is 0. The third-order valence-corrected chi connectivity index (χ3v) is 9.25. The van der Waals surface area contributed by atoms with Crippen LogP contribution in [-0.2, 0) is 0 Å². The molecule has 44 heavy (non-hydrogen) atoms. The highest BCUT2D eigenvalue weighted by Crippen LogP contribution is 2.54. The molecule has 1 aliphatic rings. The van der Waals surface area contributed by atoms with Crippen molar-refractivity contribution < 1.29 is 0 Å². The van der Waals surface area contributed by atoms with E-state index in [1.165, 1.54) is 70.9 Å². The normalized spacial score (nSPS) is 11.6. The van der Waals surface area contributed by atoms with Gasteiger partial charge in [-0.15, -0.1) is 0 Å². The molecule has 0 N–H and O–H groups in total. The van der Waals surface area contributed by atoms with Crippen LogP contribution in [0.25, 0.3) is 87.6 Å². The van der Waals surface area contributed by atoms with Crippen LogP contribution in [0.15, 0.2) is 133 Å². The highest BCUT2D eigenvalue weighted by atomic mass is 14.3. The van der Waals surface area contributed by atoms with Crippen molar-refractivity contribution in [1.29, 1.82) is 10.5 Å². The van der Waals surface area contributed by atoms with Gasteiger partial charge in [-0.1, -0.05) is 97.1 Å². The van der Waals surface area contributed by atoms with Crippen LogP contribution in [0.1, 0.15) is 11.1 Å². The summed E-state index contributed by atoms with van der Waals surface area (Å²) < 4.78 is 0. The molecule has 0 fully saturated rings. The first kappa shape index (κ1) is 24.4. The first-order valence-corrected chi connectivity index (χ1v) is 14.7. The number of nitrogens with zero attached hydrogens (tertiary/aromatic N) is 2. The molecule has 0 bridgehead atoms. The topological polar surface area (TPSA) is 47.6 Å². The van der Waals surface area contributed by atoms with Gasteiger partial charge in [0.2, 0.25) is 0 Å². The number of fused-ring (bicyclic) bond motifs is 8. The van der Waals surface area contributed by atoms with Crippen molar-refractivity contribution in [1.82, 2.24) is 0 Å². The number of rotatable bonds is 2. The van der Waals surface area contributed by atoms with Crippen LogP contribution in [0.2, 0.25) is 0 Å². The lowest BCUT2D eigenvalue weighted by Crippen LogP contribution is -1.91. The van der Waals surface area contributed by atoms with E-state index < -0.39 is 0 Å². The summed E-state index contributed by atoms with van der Waals surface area (Å²) in [7, 11) is 0. The minimum Gasteiger partial charge on any atom is -0.192 e. The minimum absolute atomic E-state index is 0.653. The van der Waals surface area contributed by atoms with E-state index in [1.54, 1.807) is 0 Å². The summed E-state index contributed by atoms with van der Waals surface area (Å²) in [5, 5.41) is 28.7. The van der Waals surface area contributed by atoms with E-state index in [9.17, 15) is 10.5 Å². The maximum atomic E-state index is 9.53. The van der Waals surface area contributed by atoms with E-state index in [2.05, 4.69) is 121 Å². The highest BCUT2D eigenvalue weighted by molar-refractivity contribution is 6.28. The molecule has 0 atom stereocenters. The van der Waals surface area contributed by atoms with Gasteiger partial charge in [0.25, 0.3) is 0 Å². The molecular weight excluding hydrogens is 532 g/mol. The zero-order valence-electron chi connectivity index (χ0n) is 23.6. The lowest BCUT2D eigenvalue weighted by Gasteiger charge is -2.18. The molecule has 0 saturated carbocycles. The van der Waals surface area contributed by atoms with Gasteiger partial charge >= 0.3 is 0 Å². The van der Waals surface area contributed by atoms with E-state index in [0.717, 1.165) is 16.7 Å². The second-order valence-corrected chi connectivity index (χ2v) is 11.5. The summed E-state index contributed by atoms with van der Waals surface area (Å²) in [6.07, 6.45) is 0. The average Bonchev–Trinajstić information content (AvgIpc) is 3.41. The van der Waals surface area contributed by atoms with Gasteiger partial charge in [-0.3, -0.25) is 0 Å². The van der Waals surface area contributed by atoms with E-state index >= 15 is 0 Å². The first-order chi connectivity index (χ1) is 21.7. The van der Waals surface area contributed by atoms with Crippen LogP contribution in [0.4, 0.5) is 0 Å². The van der Waals surface area contributed by atoms with Crippen molar-refractivity contribution in [3.8, 4) is 56.6 Å². The molecule has 2 nitrogen and oxygen atoms in total. The lowest BCUT2D eigenvalue weighted by atomic mass is 9.84. The van der Waals surface area contributed by atoms with Crippen molar-refractivity contribution in [3.63, 3.8) is 0 Å². The Morgan fingerprint density at radius 3 is 1.64 bits per heavy atom. The Bertz CT molecular complexity index is 2590. The average molecular weight is 555 g/mol. The van der Waals surface area contributed by atoms with Crippen LogP contribution < -0.4 is 0 Å². The fourth-order valence-corrected chi connectivity index (χ4v) is 7.30. The molecule has 8 aromatic rings. The number of nitriles is 2. The molecule has 0 aromatic heterocycles. The maximum absolute atomic E-state index is 9.53. The maximum Gasteiger partial charge on any atom is 0.0991 e. The van der Waals surface area contributed by atoms with Crippen LogP contribution in [0, 0.1) is 22.7 Å². The zero-order valence-corrected chi connectivity index (χ0v) is 23.6. The van der Waals surface area contributed by atoms with Crippen LogP contribution in [0.5, 0.6) is 0 Å². The third-order valence-electron chi connectivity index (χ3n) is 9.25. The Kier molecular flexibility index (Phi) is 5.06. The smallest absolute Gasteiger partial charge is 0.0991 e. The monoisotopic (exact) mass is 554 g/mol.